The zero-order valence-corrected chi connectivity index (χ0v) is 75.1. The summed E-state index contributed by atoms with van der Waals surface area (Å²) in [6, 6.07) is 157. The zero-order valence-electron chi connectivity index (χ0n) is 74.3. The van der Waals surface area contributed by atoms with Gasteiger partial charge in [0.2, 0.25) is 0 Å². The molecule has 0 N–H and O–H groups in total. The van der Waals surface area contributed by atoms with Crippen LogP contribution in [-0.2, 0) is 0 Å². The number of ether oxygens (including phenoxy) is 3. The molecule has 34 rings (SSSR count). The van der Waals surface area contributed by atoms with Crippen LogP contribution in [0.1, 0.15) is 0 Å². The molecule has 644 valence electrons. The molecule has 0 amide bonds. The minimum absolute atomic E-state index is 0.710. The fraction of sp³-hybridized carbons (Fsp3) is 0. The average Bonchev–Trinajstić information content (AvgIpc) is 1.51. The molecular formula is C127H72N8O3S. The number of aromatic nitrogens is 8. The zero-order chi connectivity index (χ0) is 90.2. The third-order valence-corrected chi connectivity index (χ3v) is 31.0. The summed E-state index contributed by atoms with van der Waals surface area (Å²) >= 11 is 1.78. The van der Waals surface area contributed by atoms with E-state index in [0.717, 1.165) is 89.2 Å². The van der Waals surface area contributed by atoms with Gasteiger partial charge in [-0.15, -0.1) is 0 Å². The molecule has 0 spiro atoms. The molecule has 0 fully saturated rings. The molecule has 0 aliphatic carbocycles. The first-order valence-corrected chi connectivity index (χ1v) is 48.2. The van der Waals surface area contributed by atoms with E-state index in [-0.39, 0.29) is 0 Å². The van der Waals surface area contributed by atoms with Crippen LogP contribution in [0.3, 0.4) is 0 Å². The smallest absolute Gasteiger partial charge is 0.172 e. The van der Waals surface area contributed by atoms with Crippen molar-refractivity contribution in [2.45, 2.75) is 9.79 Å². The van der Waals surface area contributed by atoms with Crippen molar-refractivity contribution in [3.05, 3.63) is 437 Å². The SMILES string of the molecule is c1ccc(-c2nc3ccc(-n4c5ccccc5c5c6ccccc6c6c7cccc8c9ccccc9n(c87)c6c54)cc3n2-c2ccccc2)cc1.c1ccc2c(c1)Oc1ccc(-n3c4ccccc4c4c5ccccc5c5c6cccc7c8ccccc8n(c76)c5c43)cc1O2.c1ccc2c(c1)Oc1ccc(-n3c4ccccc4c4c5ccccc5c5c6cccc7c8ccccc8n(c76)c5c43)cc1S2. The van der Waals surface area contributed by atoms with Gasteiger partial charge in [0, 0.05) is 126 Å². The molecule has 0 saturated heterocycles. The Bertz CT molecular complexity index is 10600. The molecule has 0 saturated carbocycles. The first kappa shape index (κ1) is 75.1. The van der Waals surface area contributed by atoms with Crippen LogP contribution < -0.4 is 14.2 Å². The van der Waals surface area contributed by atoms with Crippen LogP contribution >= 0.6 is 11.8 Å². The fourth-order valence-electron chi connectivity index (χ4n) is 24.5. The Labute approximate surface area is 795 Å². The van der Waals surface area contributed by atoms with Gasteiger partial charge in [-0.2, -0.15) is 0 Å². The molecule has 10 aromatic heterocycles. The molecule has 0 unspecified atom stereocenters. The van der Waals surface area contributed by atoms with Crippen molar-refractivity contribution >= 4 is 235 Å². The molecule has 12 heteroatoms. The molecule has 0 bridgehead atoms. The Morgan fingerprint density at radius 3 is 0.935 bits per heavy atom. The monoisotopic (exact) mass is 1790 g/mol. The molecule has 2 aliphatic rings. The van der Waals surface area contributed by atoms with Crippen molar-refractivity contribution in [1.82, 2.24) is 36.5 Å². The first-order chi connectivity index (χ1) is 69.0. The van der Waals surface area contributed by atoms with Gasteiger partial charge in [-0.05, 0) is 154 Å². The maximum atomic E-state index is 6.40. The molecule has 22 aromatic carbocycles. The first-order valence-electron chi connectivity index (χ1n) is 47.4. The van der Waals surface area contributed by atoms with E-state index in [1.807, 2.05) is 42.5 Å². The van der Waals surface area contributed by atoms with Crippen LogP contribution in [0.15, 0.2) is 447 Å². The van der Waals surface area contributed by atoms with Gasteiger partial charge in [-0.1, -0.05) is 321 Å². The van der Waals surface area contributed by atoms with E-state index < -0.39 is 0 Å². The van der Waals surface area contributed by atoms with Crippen molar-refractivity contribution in [2.24, 2.45) is 0 Å². The van der Waals surface area contributed by atoms with Crippen molar-refractivity contribution in [3.63, 3.8) is 0 Å². The Morgan fingerprint density at radius 1 is 0.173 bits per heavy atom. The molecular weight excluding hydrogens is 1720 g/mol. The van der Waals surface area contributed by atoms with Gasteiger partial charge >= 0.3 is 0 Å². The van der Waals surface area contributed by atoms with Gasteiger partial charge in [-0.25, -0.2) is 4.98 Å². The summed E-state index contributed by atoms with van der Waals surface area (Å²) in [5, 5.41) is 30.7. The summed E-state index contributed by atoms with van der Waals surface area (Å²) in [7, 11) is 0. The molecule has 139 heavy (non-hydrogen) atoms. The number of nitrogens with zero attached hydrogens (tertiary/aromatic N) is 8. The Balaban J connectivity index is 0.0000000949. The fourth-order valence-corrected chi connectivity index (χ4v) is 25.5. The lowest BCUT2D eigenvalue weighted by molar-refractivity contribution is 0.359. The highest BCUT2D eigenvalue weighted by molar-refractivity contribution is 7.99. The van der Waals surface area contributed by atoms with E-state index in [0.29, 0.717) is 5.75 Å². The summed E-state index contributed by atoms with van der Waals surface area (Å²) in [5.74, 6) is 5.63. The van der Waals surface area contributed by atoms with Crippen molar-refractivity contribution in [3.8, 4) is 68.6 Å². The van der Waals surface area contributed by atoms with E-state index in [2.05, 4.69) is 426 Å². The Hall–Kier alpha value is -18.4. The van der Waals surface area contributed by atoms with Gasteiger partial charge in [-0.3, -0.25) is 4.57 Å². The minimum Gasteiger partial charge on any atom is -0.455 e. The van der Waals surface area contributed by atoms with E-state index in [4.69, 9.17) is 19.2 Å². The van der Waals surface area contributed by atoms with Crippen molar-refractivity contribution < 1.29 is 14.2 Å². The van der Waals surface area contributed by atoms with Crippen molar-refractivity contribution in [1.29, 1.82) is 0 Å². The molecule has 12 heterocycles. The summed E-state index contributed by atoms with van der Waals surface area (Å²) in [5.41, 5.74) is 25.9. The van der Waals surface area contributed by atoms with Crippen LogP contribution in [0.25, 0.3) is 257 Å². The van der Waals surface area contributed by atoms with E-state index in [1.165, 1.54) is 207 Å². The van der Waals surface area contributed by atoms with Gasteiger partial charge in [0.05, 0.1) is 109 Å². The van der Waals surface area contributed by atoms with Gasteiger partial charge in [0.15, 0.2) is 23.0 Å². The number of benzene rings is 22. The number of para-hydroxylation sites is 13. The lowest BCUT2D eigenvalue weighted by Crippen LogP contribution is -2.01. The average molecular weight is 1790 g/mol. The largest absolute Gasteiger partial charge is 0.455 e. The van der Waals surface area contributed by atoms with Crippen LogP contribution in [0.4, 0.5) is 0 Å². The lowest BCUT2D eigenvalue weighted by atomic mass is 9.98. The topological polar surface area (TPSA) is 73.5 Å². The van der Waals surface area contributed by atoms with Crippen LogP contribution in [-0.4, -0.2) is 36.5 Å². The van der Waals surface area contributed by atoms with Crippen LogP contribution in [0, 0.1) is 0 Å². The molecule has 11 nitrogen and oxygen atoms in total. The second kappa shape index (κ2) is 28.1. The lowest BCUT2D eigenvalue weighted by Gasteiger charge is -2.21. The summed E-state index contributed by atoms with van der Waals surface area (Å²) in [6.45, 7) is 0. The molecule has 32 aromatic rings. The quantitative estimate of drug-likeness (QED) is 0.172. The van der Waals surface area contributed by atoms with Gasteiger partial charge in [0.25, 0.3) is 0 Å². The predicted octanol–water partition coefficient (Wildman–Crippen LogP) is 34.4. The number of hydrogen-bond acceptors (Lipinski definition) is 5. The standard InChI is InChI=1S/C47H28N4.C40H22N2O2.C40H22N2OS/c1-3-14-29(15-4-1)47-48-38-27-26-31(28-41(38)50(47)30-16-5-2-6-17-30)49-40-25-12-10-21-36(40)42-33-19-7-8-20-34(33)43-37-23-13-22-35-32-18-9-11-24-39(32)51(44(35)37)46(43)45(42)49;1-2-12-26-25(11-1)36-28-13-4-6-17-31(28)41(23-20-21-34-35(22-23)44-33-19-8-7-18-32(33)43-34)39(36)40-37(26)29-15-9-14-27-24-10-3-5-16-30(24)42(40)38(27)29;1-2-12-26-25(11-1)36-28-13-4-6-17-31(28)41(23-20-21-33-35(22-23)44-34-19-8-7-18-32(34)43-33)39(36)40-37(26)29-15-9-14-27-24-10-3-5-16-30(24)42(40)38(27)29/h1-28H;2*1-22H. The predicted molar refractivity (Wildman–Crippen MR) is 576 cm³/mol. The summed E-state index contributed by atoms with van der Waals surface area (Å²) < 4.78 is 36.3. The number of imidazole rings is 1. The Morgan fingerprint density at radius 2 is 0.482 bits per heavy atom. The highest BCUT2D eigenvalue weighted by Crippen LogP contribution is 2.57. The third-order valence-electron chi connectivity index (χ3n) is 29.9. The Kier molecular flexibility index (Phi) is 15.2. The number of hydrogen-bond donors (Lipinski definition) is 0. The van der Waals surface area contributed by atoms with E-state index >= 15 is 0 Å². The molecule has 0 radical (unpaired) electrons. The molecule has 2 aliphatic heterocycles. The summed E-state index contributed by atoms with van der Waals surface area (Å²) in [6.07, 6.45) is 0. The minimum atomic E-state index is 0.710. The van der Waals surface area contributed by atoms with E-state index in [9.17, 15) is 0 Å². The second-order valence-corrected chi connectivity index (χ2v) is 38.0. The van der Waals surface area contributed by atoms with Crippen LogP contribution in [0.2, 0.25) is 0 Å². The number of fused-ring (bicyclic) bond motifs is 44. The van der Waals surface area contributed by atoms with Gasteiger partial charge < -0.3 is 41.1 Å². The van der Waals surface area contributed by atoms with Crippen molar-refractivity contribution in [2.75, 3.05) is 0 Å². The van der Waals surface area contributed by atoms with E-state index in [1.54, 1.807) is 11.8 Å². The highest BCUT2D eigenvalue weighted by atomic mass is 32.2. The maximum absolute atomic E-state index is 6.40. The number of rotatable bonds is 5. The van der Waals surface area contributed by atoms with Gasteiger partial charge in [0.1, 0.15) is 17.3 Å². The highest BCUT2D eigenvalue weighted by Gasteiger charge is 2.33. The second-order valence-electron chi connectivity index (χ2n) is 36.9. The van der Waals surface area contributed by atoms with Crippen LogP contribution in [0.5, 0.6) is 34.5 Å². The normalized spacial score (nSPS) is 12.7. The maximum Gasteiger partial charge on any atom is 0.172 e. The summed E-state index contributed by atoms with van der Waals surface area (Å²) in [4.78, 5) is 7.50. The molecule has 0 atom stereocenters. The third kappa shape index (κ3) is 10.2.